The monoisotopic (exact) mass is 290 g/mol. The van der Waals surface area contributed by atoms with Gasteiger partial charge in [0.2, 0.25) is 0 Å². The zero-order valence-electron chi connectivity index (χ0n) is 10.00. The lowest BCUT2D eigenvalue weighted by Gasteiger charge is -2.14. The number of hydrogen-bond acceptors (Lipinski definition) is 2. The lowest BCUT2D eigenvalue weighted by Crippen LogP contribution is -2.22. The Labute approximate surface area is 110 Å². The first-order valence-corrected chi connectivity index (χ1v) is 6.78. The molecule has 3 heteroatoms. The van der Waals surface area contributed by atoms with Gasteiger partial charge in [-0.25, -0.2) is 4.98 Å². The molecule has 3 rings (SSSR count). The minimum Gasteiger partial charge on any atom is -0.366 e. The zero-order valence-corrected chi connectivity index (χ0v) is 11.6. The molecule has 1 aromatic carbocycles. The van der Waals surface area contributed by atoms with Crippen LogP contribution >= 0.6 is 15.9 Å². The summed E-state index contributed by atoms with van der Waals surface area (Å²) >= 11 is 3.49. The fourth-order valence-electron chi connectivity index (χ4n) is 2.33. The Bertz CT molecular complexity index is 578. The van der Waals surface area contributed by atoms with Gasteiger partial charge >= 0.3 is 0 Å². The summed E-state index contributed by atoms with van der Waals surface area (Å²) in [5, 5.41) is 4.74. The van der Waals surface area contributed by atoms with Crippen molar-refractivity contribution in [1.82, 2.24) is 4.98 Å². The zero-order chi connectivity index (χ0) is 12.0. The van der Waals surface area contributed by atoms with E-state index in [-0.39, 0.29) is 0 Å². The van der Waals surface area contributed by atoms with Crippen molar-refractivity contribution in [2.45, 2.75) is 26.3 Å². The van der Waals surface area contributed by atoms with E-state index in [0.717, 1.165) is 22.2 Å². The first-order valence-electron chi connectivity index (χ1n) is 5.99. The number of halogens is 1. The van der Waals surface area contributed by atoms with Crippen LogP contribution in [0.25, 0.3) is 10.9 Å². The number of benzene rings is 1. The largest absolute Gasteiger partial charge is 0.366 e. The highest BCUT2D eigenvalue weighted by Crippen LogP contribution is 2.30. The summed E-state index contributed by atoms with van der Waals surface area (Å²) in [6.07, 6.45) is 1.09. The SMILES string of the molecule is CC(C)[C@@H]1Cc2cc3ccc(Br)cc3nc2N1. The molecule has 0 unspecified atom stereocenters. The van der Waals surface area contributed by atoms with Crippen LogP contribution in [0.5, 0.6) is 0 Å². The number of fused-ring (bicyclic) bond motifs is 2. The van der Waals surface area contributed by atoms with Crippen LogP contribution in [-0.2, 0) is 6.42 Å². The van der Waals surface area contributed by atoms with E-state index in [1.54, 1.807) is 0 Å². The Hall–Kier alpha value is -1.09. The van der Waals surface area contributed by atoms with Gasteiger partial charge in [0.25, 0.3) is 0 Å². The molecule has 2 heterocycles. The van der Waals surface area contributed by atoms with Gasteiger partial charge in [-0.2, -0.15) is 0 Å². The molecule has 0 fully saturated rings. The van der Waals surface area contributed by atoms with Crippen molar-refractivity contribution in [1.29, 1.82) is 0 Å². The van der Waals surface area contributed by atoms with Crippen molar-refractivity contribution in [2.75, 3.05) is 5.32 Å². The molecule has 1 N–H and O–H groups in total. The molecule has 1 aromatic heterocycles. The van der Waals surface area contributed by atoms with Crippen LogP contribution in [0.3, 0.4) is 0 Å². The summed E-state index contributed by atoms with van der Waals surface area (Å²) in [4.78, 5) is 4.71. The molecular formula is C14H15BrN2. The molecule has 17 heavy (non-hydrogen) atoms. The Balaban J connectivity index is 2.09. The lowest BCUT2D eigenvalue weighted by molar-refractivity contribution is 0.538. The molecule has 88 valence electrons. The van der Waals surface area contributed by atoms with E-state index < -0.39 is 0 Å². The Morgan fingerprint density at radius 3 is 2.94 bits per heavy atom. The molecule has 0 amide bonds. The molecule has 0 aliphatic carbocycles. The van der Waals surface area contributed by atoms with Crippen molar-refractivity contribution >= 4 is 32.7 Å². The van der Waals surface area contributed by atoms with Crippen LogP contribution in [0.2, 0.25) is 0 Å². The minimum absolute atomic E-state index is 0.526. The number of hydrogen-bond donors (Lipinski definition) is 1. The van der Waals surface area contributed by atoms with Gasteiger partial charge in [0.05, 0.1) is 5.52 Å². The van der Waals surface area contributed by atoms with Gasteiger partial charge in [-0.15, -0.1) is 0 Å². The molecule has 0 radical (unpaired) electrons. The number of pyridine rings is 1. The van der Waals surface area contributed by atoms with E-state index >= 15 is 0 Å². The molecule has 1 aliphatic rings. The number of anilines is 1. The summed E-state index contributed by atoms with van der Waals surface area (Å²) < 4.78 is 1.08. The smallest absolute Gasteiger partial charge is 0.130 e. The van der Waals surface area contributed by atoms with Crippen LogP contribution in [-0.4, -0.2) is 11.0 Å². The van der Waals surface area contributed by atoms with E-state index in [4.69, 9.17) is 4.98 Å². The number of nitrogens with zero attached hydrogens (tertiary/aromatic N) is 1. The summed E-state index contributed by atoms with van der Waals surface area (Å²) in [7, 11) is 0. The van der Waals surface area contributed by atoms with Crippen LogP contribution in [0.1, 0.15) is 19.4 Å². The summed E-state index contributed by atoms with van der Waals surface area (Å²) in [6.45, 7) is 4.50. The highest BCUT2D eigenvalue weighted by molar-refractivity contribution is 9.10. The highest BCUT2D eigenvalue weighted by Gasteiger charge is 2.24. The fourth-order valence-corrected chi connectivity index (χ4v) is 2.68. The topological polar surface area (TPSA) is 24.9 Å². The van der Waals surface area contributed by atoms with E-state index in [9.17, 15) is 0 Å². The van der Waals surface area contributed by atoms with Crippen molar-refractivity contribution in [3.05, 3.63) is 34.3 Å². The summed E-state index contributed by atoms with van der Waals surface area (Å²) in [6, 6.07) is 9.05. The van der Waals surface area contributed by atoms with E-state index in [1.165, 1.54) is 10.9 Å². The van der Waals surface area contributed by atoms with Gasteiger partial charge in [-0.1, -0.05) is 35.8 Å². The van der Waals surface area contributed by atoms with Gasteiger partial charge in [-0.3, -0.25) is 0 Å². The van der Waals surface area contributed by atoms with Crippen LogP contribution in [0.15, 0.2) is 28.7 Å². The molecular weight excluding hydrogens is 276 g/mol. The summed E-state index contributed by atoms with van der Waals surface area (Å²) in [5.74, 6) is 1.70. The number of nitrogens with one attached hydrogen (secondary N) is 1. The van der Waals surface area contributed by atoms with Gasteiger partial charge in [0.15, 0.2) is 0 Å². The molecule has 0 saturated carbocycles. The predicted molar refractivity (Wildman–Crippen MR) is 75.4 cm³/mol. The maximum absolute atomic E-state index is 4.71. The summed E-state index contributed by atoms with van der Waals surface area (Å²) in [5.41, 5.74) is 2.40. The van der Waals surface area contributed by atoms with Gasteiger partial charge < -0.3 is 5.32 Å². The normalized spacial score (nSPS) is 18.5. The molecule has 2 nitrogen and oxygen atoms in total. The predicted octanol–water partition coefficient (Wildman–Crippen LogP) is 3.99. The molecule has 0 bridgehead atoms. The second-order valence-electron chi connectivity index (χ2n) is 5.03. The maximum atomic E-state index is 4.71. The van der Waals surface area contributed by atoms with Crippen molar-refractivity contribution in [2.24, 2.45) is 5.92 Å². The second kappa shape index (κ2) is 3.98. The van der Waals surface area contributed by atoms with Crippen molar-refractivity contribution in [3.63, 3.8) is 0 Å². The third-order valence-corrected chi connectivity index (χ3v) is 3.92. The molecule has 0 spiro atoms. The average molecular weight is 291 g/mol. The third kappa shape index (κ3) is 1.93. The standard InChI is InChI=1S/C14H15BrN2/c1-8(2)12-6-10-5-9-3-4-11(15)7-13(9)17-14(10)16-12/h3-5,7-8,12H,6H2,1-2H3,(H,16,17)/t12-/m0/s1. The Morgan fingerprint density at radius 1 is 1.35 bits per heavy atom. The fraction of sp³-hybridized carbons (Fsp3) is 0.357. The molecule has 1 aliphatic heterocycles. The van der Waals surface area contributed by atoms with Crippen molar-refractivity contribution < 1.29 is 0 Å². The first-order chi connectivity index (χ1) is 8.13. The number of aromatic nitrogens is 1. The average Bonchev–Trinajstić information content (AvgIpc) is 2.68. The third-order valence-electron chi connectivity index (χ3n) is 3.43. The van der Waals surface area contributed by atoms with E-state index in [0.29, 0.717) is 12.0 Å². The quantitative estimate of drug-likeness (QED) is 0.859. The molecule has 2 aromatic rings. The molecule has 0 saturated heterocycles. The van der Waals surface area contributed by atoms with Crippen LogP contribution < -0.4 is 5.32 Å². The van der Waals surface area contributed by atoms with Crippen LogP contribution in [0, 0.1) is 5.92 Å². The van der Waals surface area contributed by atoms with Crippen molar-refractivity contribution in [3.8, 4) is 0 Å². The Morgan fingerprint density at radius 2 is 2.18 bits per heavy atom. The van der Waals surface area contributed by atoms with E-state index in [2.05, 4.69) is 59.4 Å². The lowest BCUT2D eigenvalue weighted by atomic mass is 10.0. The minimum atomic E-state index is 0.526. The Kier molecular flexibility index (Phi) is 2.58. The second-order valence-corrected chi connectivity index (χ2v) is 5.95. The van der Waals surface area contributed by atoms with Gasteiger partial charge in [0.1, 0.15) is 5.82 Å². The van der Waals surface area contributed by atoms with Crippen LogP contribution in [0.4, 0.5) is 5.82 Å². The highest BCUT2D eigenvalue weighted by atomic mass is 79.9. The maximum Gasteiger partial charge on any atom is 0.130 e. The van der Waals surface area contributed by atoms with Gasteiger partial charge in [0, 0.05) is 15.9 Å². The number of rotatable bonds is 1. The first kappa shape index (κ1) is 11.0. The molecule has 1 atom stereocenters. The van der Waals surface area contributed by atoms with E-state index in [1.807, 2.05) is 0 Å². The van der Waals surface area contributed by atoms with Gasteiger partial charge in [-0.05, 0) is 36.1 Å².